The molecule has 1 N–H and O–H groups in total. The molecule has 0 saturated heterocycles. The number of nitrogens with zero attached hydrogens (tertiary/aromatic N) is 1. The quantitative estimate of drug-likeness (QED) is 0.425. The van der Waals surface area contributed by atoms with Crippen LogP contribution in [0.3, 0.4) is 0 Å². The summed E-state index contributed by atoms with van der Waals surface area (Å²) in [5.41, 5.74) is 1.67. The average molecular weight is 473 g/mol. The van der Waals surface area contributed by atoms with Crippen LogP contribution in [0.2, 0.25) is 0 Å². The summed E-state index contributed by atoms with van der Waals surface area (Å²) in [4.78, 5) is 27.8. The molecule has 0 aliphatic heterocycles. The van der Waals surface area contributed by atoms with Gasteiger partial charge in [-0.25, -0.2) is 0 Å². The summed E-state index contributed by atoms with van der Waals surface area (Å²) in [5, 5.41) is 2.91. The fraction of sp³-hybridized carbons (Fsp3) is 0.462. The highest BCUT2D eigenvalue weighted by atomic mass is 16.5. The summed E-state index contributed by atoms with van der Waals surface area (Å²) in [5.74, 6) is 1.50. The van der Waals surface area contributed by atoms with Gasteiger partial charge in [-0.3, -0.25) is 9.59 Å². The molecular formula is C26H36N2O6. The summed E-state index contributed by atoms with van der Waals surface area (Å²) in [6.45, 7) is 5.69. The van der Waals surface area contributed by atoms with Gasteiger partial charge in [0.25, 0.3) is 0 Å². The topological polar surface area (TPSA) is 86.3 Å². The smallest absolute Gasteiger partial charge is 0.242 e. The van der Waals surface area contributed by atoms with Crippen molar-refractivity contribution in [3.8, 4) is 17.2 Å². The molecule has 0 spiro atoms. The number of benzene rings is 2. The van der Waals surface area contributed by atoms with Gasteiger partial charge in [-0.2, -0.15) is 0 Å². The Morgan fingerprint density at radius 3 is 2.24 bits per heavy atom. The van der Waals surface area contributed by atoms with E-state index >= 15 is 0 Å². The summed E-state index contributed by atoms with van der Waals surface area (Å²) >= 11 is 0. The molecule has 2 aromatic rings. The van der Waals surface area contributed by atoms with Crippen LogP contribution in [-0.2, 0) is 27.3 Å². The number of carbonyl (C=O) groups is 2. The second-order valence-electron chi connectivity index (χ2n) is 7.75. The third-order valence-corrected chi connectivity index (χ3v) is 5.45. The minimum atomic E-state index is -0.651. The highest BCUT2D eigenvalue weighted by molar-refractivity contribution is 5.88. The van der Waals surface area contributed by atoms with E-state index in [1.54, 1.807) is 45.3 Å². The van der Waals surface area contributed by atoms with E-state index in [2.05, 4.69) is 5.32 Å². The molecule has 1 atom stereocenters. The van der Waals surface area contributed by atoms with Crippen molar-refractivity contribution in [1.82, 2.24) is 10.2 Å². The van der Waals surface area contributed by atoms with Gasteiger partial charge in [0, 0.05) is 26.3 Å². The summed E-state index contributed by atoms with van der Waals surface area (Å²) in [6.07, 6.45) is 0.836. The molecule has 0 aliphatic carbocycles. The van der Waals surface area contributed by atoms with Crippen molar-refractivity contribution < 1.29 is 28.5 Å². The number of carbonyl (C=O) groups excluding carboxylic acids is 2. The molecule has 2 rings (SSSR count). The second kappa shape index (κ2) is 14.1. The van der Waals surface area contributed by atoms with Crippen molar-refractivity contribution in [2.75, 3.05) is 41.1 Å². The molecule has 0 radical (unpaired) electrons. The lowest BCUT2D eigenvalue weighted by Crippen LogP contribution is -2.48. The van der Waals surface area contributed by atoms with Crippen LogP contribution in [0.1, 0.15) is 31.4 Å². The molecule has 2 amide bonds. The maximum Gasteiger partial charge on any atom is 0.242 e. The Morgan fingerprint density at radius 2 is 1.62 bits per heavy atom. The molecule has 8 heteroatoms. The molecule has 0 saturated carbocycles. The largest absolute Gasteiger partial charge is 0.497 e. The van der Waals surface area contributed by atoms with E-state index in [9.17, 15) is 9.59 Å². The third-order valence-electron chi connectivity index (χ3n) is 5.45. The molecule has 0 aliphatic rings. The SMILES string of the molecule is CCOCCCNC(=O)C(C)N(Cc1ccc(OC)cc1)C(=O)Cc1ccc(OC)c(OC)c1. The van der Waals surface area contributed by atoms with Crippen molar-refractivity contribution in [1.29, 1.82) is 0 Å². The number of hydrogen-bond donors (Lipinski definition) is 1. The summed E-state index contributed by atoms with van der Waals surface area (Å²) < 4.78 is 21.2. The predicted octanol–water partition coefficient (Wildman–Crippen LogP) is 3.22. The first-order valence-corrected chi connectivity index (χ1v) is 11.4. The van der Waals surface area contributed by atoms with Gasteiger partial charge in [0.15, 0.2) is 11.5 Å². The van der Waals surface area contributed by atoms with Crippen LogP contribution in [0.4, 0.5) is 0 Å². The van der Waals surface area contributed by atoms with E-state index in [1.165, 1.54) is 0 Å². The van der Waals surface area contributed by atoms with Crippen molar-refractivity contribution in [3.05, 3.63) is 53.6 Å². The Kier molecular flexibility index (Phi) is 11.2. The minimum Gasteiger partial charge on any atom is -0.497 e. The third kappa shape index (κ3) is 7.95. The van der Waals surface area contributed by atoms with Crippen LogP contribution < -0.4 is 19.5 Å². The predicted molar refractivity (Wildman–Crippen MR) is 130 cm³/mol. The van der Waals surface area contributed by atoms with Gasteiger partial charge < -0.3 is 29.2 Å². The Morgan fingerprint density at radius 1 is 0.941 bits per heavy atom. The number of nitrogens with one attached hydrogen (secondary N) is 1. The second-order valence-corrected chi connectivity index (χ2v) is 7.75. The number of ether oxygens (including phenoxy) is 4. The molecule has 0 bridgehead atoms. The number of rotatable bonds is 14. The first-order valence-electron chi connectivity index (χ1n) is 11.4. The van der Waals surface area contributed by atoms with Crippen LogP contribution >= 0.6 is 0 Å². The first-order chi connectivity index (χ1) is 16.4. The van der Waals surface area contributed by atoms with E-state index < -0.39 is 6.04 Å². The van der Waals surface area contributed by atoms with Gasteiger partial charge in [0.1, 0.15) is 11.8 Å². The summed E-state index contributed by atoms with van der Waals surface area (Å²) in [6, 6.07) is 12.2. The molecule has 34 heavy (non-hydrogen) atoms. The molecule has 1 unspecified atom stereocenters. The monoisotopic (exact) mass is 472 g/mol. The molecule has 2 aromatic carbocycles. The van der Waals surface area contributed by atoms with Gasteiger partial charge in [-0.05, 0) is 55.7 Å². The van der Waals surface area contributed by atoms with E-state index in [0.717, 1.165) is 16.9 Å². The molecule has 0 heterocycles. The highest BCUT2D eigenvalue weighted by Gasteiger charge is 2.26. The van der Waals surface area contributed by atoms with E-state index in [0.29, 0.717) is 44.2 Å². The van der Waals surface area contributed by atoms with Gasteiger partial charge in [0.2, 0.25) is 11.8 Å². The van der Waals surface area contributed by atoms with E-state index in [1.807, 2.05) is 37.3 Å². The van der Waals surface area contributed by atoms with Gasteiger partial charge in [-0.15, -0.1) is 0 Å². The van der Waals surface area contributed by atoms with Crippen LogP contribution in [0.15, 0.2) is 42.5 Å². The van der Waals surface area contributed by atoms with Crippen molar-refractivity contribution in [2.45, 2.75) is 39.3 Å². The zero-order valence-electron chi connectivity index (χ0n) is 20.8. The van der Waals surface area contributed by atoms with Crippen LogP contribution in [-0.4, -0.2) is 63.8 Å². The zero-order chi connectivity index (χ0) is 24.9. The Balaban J connectivity index is 2.17. The molecule has 0 fully saturated rings. The zero-order valence-corrected chi connectivity index (χ0v) is 20.8. The average Bonchev–Trinajstić information content (AvgIpc) is 2.86. The van der Waals surface area contributed by atoms with E-state index in [4.69, 9.17) is 18.9 Å². The maximum absolute atomic E-state index is 13.4. The summed E-state index contributed by atoms with van der Waals surface area (Å²) in [7, 11) is 4.72. The molecule has 8 nitrogen and oxygen atoms in total. The maximum atomic E-state index is 13.4. The number of methoxy groups -OCH3 is 3. The lowest BCUT2D eigenvalue weighted by molar-refractivity contribution is -0.140. The Labute approximate surface area is 202 Å². The molecule has 186 valence electrons. The first kappa shape index (κ1) is 27.0. The van der Waals surface area contributed by atoms with Gasteiger partial charge in [0.05, 0.1) is 27.8 Å². The van der Waals surface area contributed by atoms with Crippen LogP contribution in [0.5, 0.6) is 17.2 Å². The Bertz CT molecular complexity index is 916. The van der Waals surface area contributed by atoms with Gasteiger partial charge in [-0.1, -0.05) is 18.2 Å². The van der Waals surface area contributed by atoms with Gasteiger partial charge >= 0.3 is 0 Å². The van der Waals surface area contributed by atoms with Crippen molar-refractivity contribution in [3.63, 3.8) is 0 Å². The Hall–Kier alpha value is -3.26. The fourth-order valence-corrected chi connectivity index (χ4v) is 3.45. The highest BCUT2D eigenvalue weighted by Crippen LogP contribution is 2.28. The van der Waals surface area contributed by atoms with E-state index in [-0.39, 0.29) is 18.2 Å². The van der Waals surface area contributed by atoms with Crippen molar-refractivity contribution >= 4 is 11.8 Å². The van der Waals surface area contributed by atoms with Crippen LogP contribution in [0.25, 0.3) is 0 Å². The normalized spacial score (nSPS) is 11.4. The minimum absolute atomic E-state index is 0.123. The number of amides is 2. The molecular weight excluding hydrogens is 436 g/mol. The lowest BCUT2D eigenvalue weighted by atomic mass is 10.1. The number of hydrogen-bond acceptors (Lipinski definition) is 6. The van der Waals surface area contributed by atoms with Crippen LogP contribution in [0, 0.1) is 0 Å². The molecule has 0 aromatic heterocycles. The lowest BCUT2D eigenvalue weighted by Gasteiger charge is -2.29. The van der Waals surface area contributed by atoms with Crippen molar-refractivity contribution in [2.24, 2.45) is 0 Å². The fourth-order valence-electron chi connectivity index (χ4n) is 3.45. The standard InChI is InChI=1S/C26H36N2O6/c1-6-34-15-7-14-27-26(30)19(2)28(18-20-8-11-22(31-3)12-9-20)25(29)17-21-10-13-23(32-4)24(16-21)33-5/h8-13,16,19H,6-7,14-15,17-18H2,1-5H3,(H,27,30).